The predicted octanol–water partition coefficient (Wildman–Crippen LogP) is 4.45. The molecule has 0 amide bonds. The second kappa shape index (κ2) is 12.0. The van der Waals surface area contributed by atoms with Crippen LogP contribution in [0.3, 0.4) is 0 Å². The molecule has 3 aliphatic heterocycles. The monoisotopic (exact) mass is 576 g/mol. The zero-order valence-corrected chi connectivity index (χ0v) is 25.2. The van der Waals surface area contributed by atoms with Crippen LogP contribution in [0.25, 0.3) is 5.82 Å². The second-order valence-corrected chi connectivity index (χ2v) is 11.9. The number of hydrogen-bond donors (Lipinski definition) is 2. The van der Waals surface area contributed by atoms with Crippen molar-refractivity contribution < 1.29 is 0 Å². The molecule has 2 bridgehead atoms. The molecule has 4 aliphatic rings. The van der Waals surface area contributed by atoms with Gasteiger partial charge in [0, 0.05) is 78.9 Å². The van der Waals surface area contributed by atoms with E-state index in [1.807, 2.05) is 37.1 Å². The number of pyridine rings is 2. The predicted molar refractivity (Wildman–Crippen MR) is 172 cm³/mol. The maximum absolute atomic E-state index is 5.85. The number of aliphatic imine (C=N–C) groups is 2. The Morgan fingerprint density at radius 2 is 1.70 bits per heavy atom. The Balaban J connectivity index is 1.02. The topological polar surface area (TPSA) is 127 Å². The second-order valence-electron chi connectivity index (χ2n) is 11.9. The standard InChI is InChI=1S/C33H40N10/c1-21(34)13-31(35)39-23(3)14-22(2)38-24(4)27-8-10-32(37-17-27)41-19-28-15-29(20-41)42(28)18-25-5-9-33(36-16-25)43-12-11-30(40-43)26-6-7-26/h5,8-14,16-17,26,28-29H,3,6-7,15,18-20,34H2,1-2,4H3,(H2,35,39)/b21-13-,22-14-,38-24?. The molecule has 2 atom stereocenters. The maximum atomic E-state index is 5.85. The van der Waals surface area contributed by atoms with E-state index >= 15 is 0 Å². The molecular weight excluding hydrogens is 536 g/mol. The number of nitrogens with zero attached hydrogens (tertiary/aromatic N) is 8. The largest absolute Gasteiger partial charge is 0.402 e. The molecule has 7 rings (SSSR count). The molecule has 10 nitrogen and oxygen atoms in total. The lowest BCUT2D eigenvalue weighted by Gasteiger charge is -2.56. The summed E-state index contributed by atoms with van der Waals surface area (Å²) in [6, 6.07) is 11.6. The average molecular weight is 577 g/mol. The van der Waals surface area contributed by atoms with Crippen LogP contribution in [-0.2, 0) is 6.54 Å². The lowest BCUT2D eigenvalue weighted by atomic mass is 9.87. The number of anilines is 1. The van der Waals surface area contributed by atoms with Crippen molar-refractivity contribution in [3.8, 4) is 5.82 Å². The minimum Gasteiger partial charge on any atom is -0.402 e. The Labute approximate surface area is 253 Å². The third kappa shape index (κ3) is 6.75. The quantitative estimate of drug-likeness (QED) is 0.207. The summed E-state index contributed by atoms with van der Waals surface area (Å²) >= 11 is 0. The van der Waals surface area contributed by atoms with Crippen molar-refractivity contribution in [3.63, 3.8) is 0 Å². The van der Waals surface area contributed by atoms with E-state index in [9.17, 15) is 0 Å². The molecule has 0 aromatic carbocycles. The number of piperazine rings is 1. The van der Waals surface area contributed by atoms with Crippen LogP contribution in [0.15, 0.2) is 94.7 Å². The molecule has 3 aromatic rings. The first-order chi connectivity index (χ1) is 20.7. The van der Waals surface area contributed by atoms with E-state index in [2.05, 4.69) is 51.7 Å². The highest BCUT2D eigenvalue weighted by Gasteiger charge is 2.44. The number of fused-ring (bicyclic) bond motifs is 2. The van der Waals surface area contributed by atoms with Gasteiger partial charge in [-0.2, -0.15) is 5.10 Å². The molecule has 2 unspecified atom stereocenters. The van der Waals surface area contributed by atoms with E-state index in [4.69, 9.17) is 31.5 Å². The Bertz CT molecular complexity index is 1590. The molecule has 0 spiro atoms. The van der Waals surface area contributed by atoms with E-state index in [1.165, 1.54) is 30.5 Å². The van der Waals surface area contributed by atoms with Gasteiger partial charge in [-0.3, -0.25) is 9.89 Å². The van der Waals surface area contributed by atoms with Gasteiger partial charge in [0.25, 0.3) is 0 Å². The van der Waals surface area contributed by atoms with Gasteiger partial charge in [-0.1, -0.05) is 12.6 Å². The van der Waals surface area contributed by atoms with Crippen LogP contribution in [0.2, 0.25) is 0 Å². The van der Waals surface area contributed by atoms with Crippen molar-refractivity contribution in [3.05, 3.63) is 102 Å². The molecule has 6 heterocycles. The molecule has 10 heteroatoms. The Kier molecular flexibility index (Phi) is 7.94. The summed E-state index contributed by atoms with van der Waals surface area (Å²) in [6.45, 7) is 12.5. The van der Waals surface area contributed by atoms with Crippen LogP contribution >= 0.6 is 0 Å². The third-order valence-electron chi connectivity index (χ3n) is 8.22. The third-order valence-corrected chi connectivity index (χ3v) is 8.22. The lowest BCUT2D eigenvalue weighted by molar-refractivity contribution is -0.00875. The Morgan fingerprint density at radius 3 is 2.35 bits per heavy atom. The van der Waals surface area contributed by atoms with Crippen molar-refractivity contribution >= 4 is 17.4 Å². The molecule has 0 radical (unpaired) electrons. The van der Waals surface area contributed by atoms with Gasteiger partial charge in [0.15, 0.2) is 5.82 Å². The smallest absolute Gasteiger partial charge is 0.153 e. The van der Waals surface area contributed by atoms with Gasteiger partial charge in [-0.15, -0.1) is 0 Å². The fourth-order valence-electron chi connectivity index (χ4n) is 5.90. The van der Waals surface area contributed by atoms with Crippen LogP contribution in [0.1, 0.15) is 62.8 Å². The van der Waals surface area contributed by atoms with Gasteiger partial charge in [0.05, 0.1) is 11.4 Å². The molecule has 4 fully saturated rings. The highest BCUT2D eigenvalue weighted by molar-refractivity contribution is 5.99. The summed E-state index contributed by atoms with van der Waals surface area (Å²) in [7, 11) is 0. The van der Waals surface area contributed by atoms with Crippen molar-refractivity contribution in [2.75, 3.05) is 18.0 Å². The molecule has 1 aliphatic carbocycles. The number of allylic oxidation sites excluding steroid dienone is 3. The molecule has 3 aromatic heterocycles. The number of hydrogen-bond acceptors (Lipinski definition) is 8. The molecule has 3 saturated heterocycles. The van der Waals surface area contributed by atoms with Crippen LogP contribution < -0.4 is 16.4 Å². The van der Waals surface area contributed by atoms with Gasteiger partial charge in [-0.25, -0.2) is 19.6 Å². The van der Waals surface area contributed by atoms with Crippen molar-refractivity contribution in [1.29, 1.82) is 0 Å². The summed E-state index contributed by atoms with van der Waals surface area (Å²) < 4.78 is 1.89. The molecule has 222 valence electrons. The average Bonchev–Trinajstić information content (AvgIpc) is 3.71. The molecule has 43 heavy (non-hydrogen) atoms. The zero-order valence-electron chi connectivity index (χ0n) is 25.2. The van der Waals surface area contributed by atoms with Crippen molar-refractivity contribution in [2.24, 2.45) is 21.5 Å². The molecule has 4 N–H and O–H groups in total. The van der Waals surface area contributed by atoms with Gasteiger partial charge < -0.3 is 16.4 Å². The maximum Gasteiger partial charge on any atom is 0.153 e. The molecule has 1 saturated carbocycles. The fraction of sp³-hybridized carbons (Fsp3) is 0.364. The fourth-order valence-corrected chi connectivity index (χ4v) is 5.90. The number of aromatic nitrogens is 4. The van der Waals surface area contributed by atoms with E-state index in [0.717, 1.165) is 48.2 Å². The number of nitrogens with two attached hydrogens (primary N) is 2. The first-order valence-corrected chi connectivity index (χ1v) is 14.9. The summed E-state index contributed by atoms with van der Waals surface area (Å²) in [5, 5.41) is 4.70. The van der Waals surface area contributed by atoms with E-state index in [0.29, 0.717) is 35.2 Å². The summed E-state index contributed by atoms with van der Waals surface area (Å²) in [5.74, 6) is 2.85. The lowest BCUT2D eigenvalue weighted by Crippen LogP contribution is -2.68. The summed E-state index contributed by atoms with van der Waals surface area (Å²) in [5.41, 5.74) is 17.7. The van der Waals surface area contributed by atoms with Crippen LogP contribution in [0.4, 0.5) is 5.82 Å². The molecular formula is C33H40N10. The minimum atomic E-state index is 0.312. The van der Waals surface area contributed by atoms with Crippen molar-refractivity contribution in [2.45, 2.75) is 64.6 Å². The van der Waals surface area contributed by atoms with Gasteiger partial charge >= 0.3 is 0 Å². The number of amidine groups is 1. The van der Waals surface area contributed by atoms with Crippen LogP contribution in [-0.4, -0.2) is 61.4 Å². The summed E-state index contributed by atoms with van der Waals surface area (Å²) in [4.78, 5) is 23.4. The van der Waals surface area contributed by atoms with Gasteiger partial charge in [0.1, 0.15) is 11.7 Å². The van der Waals surface area contributed by atoms with Crippen LogP contribution in [0, 0.1) is 0 Å². The highest BCUT2D eigenvalue weighted by atomic mass is 15.4. The van der Waals surface area contributed by atoms with Gasteiger partial charge in [-0.05, 0) is 82.0 Å². The summed E-state index contributed by atoms with van der Waals surface area (Å²) in [6.07, 6.45) is 13.1. The Morgan fingerprint density at radius 1 is 0.953 bits per heavy atom. The highest BCUT2D eigenvalue weighted by Crippen LogP contribution is 2.39. The van der Waals surface area contributed by atoms with Crippen molar-refractivity contribution in [1.82, 2.24) is 24.6 Å². The zero-order chi connectivity index (χ0) is 30.1. The van der Waals surface area contributed by atoms with E-state index < -0.39 is 0 Å². The van der Waals surface area contributed by atoms with E-state index in [1.54, 1.807) is 19.1 Å². The number of rotatable bonds is 10. The normalized spacial score (nSPS) is 21.6. The Hall–Kier alpha value is -4.57. The van der Waals surface area contributed by atoms with Gasteiger partial charge in [0.2, 0.25) is 0 Å². The van der Waals surface area contributed by atoms with Crippen LogP contribution in [0.5, 0.6) is 0 Å². The first-order valence-electron chi connectivity index (χ1n) is 14.9. The SMILES string of the molecule is C=C(/C=C(/C)N=C(C)c1ccc(N2CC3CC(C2)N3Cc2ccc(-n3ccc(C4CC4)n3)nc2)nc1)N=C(N)/C=C(/C)N. The minimum absolute atomic E-state index is 0.312. The van der Waals surface area contributed by atoms with E-state index in [-0.39, 0.29) is 0 Å². The first kappa shape index (κ1) is 28.5. The number of piperidine rings is 1.